The molecule has 0 unspecified atom stereocenters. The van der Waals surface area contributed by atoms with E-state index < -0.39 is 0 Å². The van der Waals surface area contributed by atoms with Gasteiger partial charge in [0.05, 0.1) is 24.8 Å². The van der Waals surface area contributed by atoms with Crippen LogP contribution in [0.25, 0.3) is 43.4 Å². The highest BCUT2D eigenvalue weighted by molar-refractivity contribution is 6.38. The molecule has 0 atom stereocenters. The molecule has 4 heteroatoms. The van der Waals surface area contributed by atoms with Crippen LogP contribution in [0.5, 0.6) is 17.2 Å². The third kappa shape index (κ3) is 5.45. The van der Waals surface area contributed by atoms with Crippen LogP contribution in [0.3, 0.4) is 0 Å². The molecule has 0 radical (unpaired) electrons. The van der Waals surface area contributed by atoms with E-state index in [1.165, 1.54) is 0 Å². The largest absolute Gasteiger partial charge is 0.492 e. The van der Waals surface area contributed by atoms with E-state index in [9.17, 15) is 0 Å². The average Bonchev–Trinajstić information content (AvgIpc) is 2.99. The van der Waals surface area contributed by atoms with E-state index in [2.05, 4.69) is 87.5 Å². The Morgan fingerprint density at radius 2 is 0.800 bits per heavy atom. The van der Waals surface area contributed by atoms with Gasteiger partial charge in [-0.25, -0.2) is 0 Å². The maximum absolute atomic E-state index is 7.43. The van der Waals surface area contributed by atoms with Gasteiger partial charge in [-0.15, -0.1) is 0 Å². The zero-order chi connectivity index (χ0) is 27.9. The normalized spacial score (nSPS) is 11.4. The summed E-state index contributed by atoms with van der Waals surface area (Å²) in [5.41, 5.74) is 1.94. The van der Waals surface area contributed by atoms with Crippen molar-refractivity contribution in [2.45, 2.75) is 59.3 Å². The molecule has 0 aliphatic heterocycles. The summed E-state index contributed by atoms with van der Waals surface area (Å²) in [4.78, 5) is 0. The monoisotopic (exact) mass is 554 g/mol. The fourth-order valence-corrected chi connectivity index (χ4v) is 5.67. The molecule has 0 aliphatic rings. The fraction of sp³-hybridized carbons (Fsp3) is 0.333. The lowest BCUT2D eigenvalue weighted by atomic mass is 9.89. The van der Waals surface area contributed by atoms with E-state index in [4.69, 9.17) is 25.8 Å². The van der Waals surface area contributed by atoms with Gasteiger partial charge in [-0.05, 0) is 30.0 Å². The lowest BCUT2D eigenvalue weighted by Gasteiger charge is -2.23. The summed E-state index contributed by atoms with van der Waals surface area (Å²) >= 11 is 7.43. The SMILES string of the molecule is CCCCOc1c(Cl)c(-c2c3ccccc3c(OCCCC)c3ccccc23)c(OCCCC)c2ccccc12. The smallest absolute Gasteiger partial charge is 0.146 e. The Kier molecular flexibility index (Phi) is 9.34. The van der Waals surface area contributed by atoms with Gasteiger partial charge in [-0.3, -0.25) is 0 Å². The summed E-state index contributed by atoms with van der Waals surface area (Å²) in [6.45, 7) is 8.45. The first kappa shape index (κ1) is 28.1. The van der Waals surface area contributed by atoms with E-state index >= 15 is 0 Å². The van der Waals surface area contributed by atoms with Gasteiger partial charge in [0.2, 0.25) is 0 Å². The molecule has 0 fully saturated rings. The Bertz CT molecular complexity index is 1550. The maximum atomic E-state index is 7.43. The minimum absolute atomic E-state index is 0.594. The summed E-state index contributed by atoms with van der Waals surface area (Å²) in [7, 11) is 0. The van der Waals surface area contributed by atoms with E-state index in [-0.39, 0.29) is 0 Å². The van der Waals surface area contributed by atoms with Crippen LogP contribution >= 0.6 is 11.6 Å². The molecular formula is C36H39ClO3. The first-order chi connectivity index (χ1) is 19.7. The lowest BCUT2D eigenvalue weighted by molar-refractivity contribution is 0.307. The van der Waals surface area contributed by atoms with Gasteiger partial charge < -0.3 is 14.2 Å². The van der Waals surface area contributed by atoms with Crippen LogP contribution in [0.15, 0.2) is 72.8 Å². The summed E-state index contributed by atoms with van der Waals surface area (Å²) in [6, 6.07) is 25.3. The Hall–Kier alpha value is -3.43. The summed E-state index contributed by atoms with van der Waals surface area (Å²) in [5.74, 6) is 2.46. The summed E-state index contributed by atoms with van der Waals surface area (Å²) in [6.07, 6.45) is 6.12. The van der Waals surface area contributed by atoms with Crippen molar-refractivity contribution in [2.24, 2.45) is 0 Å². The van der Waals surface area contributed by atoms with Crippen LogP contribution in [0, 0.1) is 0 Å². The van der Waals surface area contributed by atoms with Crippen molar-refractivity contribution in [1.29, 1.82) is 0 Å². The highest BCUT2D eigenvalue weighted by Gasteiger charge is 2.26. The molecule has 0 N–H and O–H groups in total. The summed E-state index contributed by atoms with van der Waals surface area (Å²) in [5, 5.41) is 6.91. The van der Waals surface area contributed by atoms with Gasteiger partial charge in [-0.1, -0.05) is 124 Å². The zero-order valence-electron chi connectivity index (χ0n) is 23.9. The van der Waals surface area contributed by atoms with Crippen molar-refractivity contribution in [3.8, 4) is 28.4 Å². The topological polar surface area (TPSA) is 27.7 Å². The molecule has 0 bridgehead atoms. The maximum Gasteiger partial charge on any atom is 0.146 e. The number of benzene rings is 5. The summed E-state index contributed by atoms with van der Waals surface area (Å²) < 4.78 is 19.6. The molecule has 0 saturated carbocycles. The Labute approximate surface area is 243 Å². The number of hydrogen-bond acceptors (Lipinski definition) is 3. The Balaban J connectivity index is 1.88. The van der Waals surface area contributed by atoms with Gasteiger partial charge in [-0.2, -0.15) is 0 Å². The number of unbranched alkanes of at least 4 members (excludes halogenated alkanes) is 3. The number of hydrogen-bond donors (Lipinski definition) is 0. The van der Waals surface area contributed by atoms with Crippen molar-refractivity contribution in [3.63, 3.8) is 0 Å². The molecule has 208 valence electrons. The van der Waals surface area contributed by atoms with Crippen LogP contribution in [-0.2, 0) is 0 Å². The van der Waals surface area contributed by atoms with Crippen LogP contribution < -0.4 is 14.2 Å². The van der Waals surface area contributed by atoms with Gasteiger partial charge in [0, 0.05) is 32.7 Å². The molecule has 3 nitrogen and oxygen atoms in total. The molecule has 5 rings (SSSR count). The highest BCUT2D eigenvalue weighted by atomic mass is 35.5. The van der Waals surface area contributed by atoms with Gasteiger partial charge in [0.1, 0.15) is 17.2 Å². The number of fused-ring (bicyclic) bond motifs is 3. The van der Waals surface area contributed by atoms with Crippen molar-refractivity contribution in [2.75, 3.05) is 19.8 Å². The first-order valence-corrected chi connectivity index (χ1v) is 15.1. The fourth-order valence-electron chi connectivity index (χ4n) is 5.33. The lowest BCUT2D eigenvalue weighted by Crippen LogP contribution is -2.04. The predicted octanol–water partition coefficient (Wildman–Crippen LogP) is 11.0. The van der Waals surface area contributed by atoms with Crippen molar-refractivity contribution >= 4 is 43.9 Å². The molecule has 40 heavy (non-hydrogen) atoms. The van der Waals surface area contributed by atoms with Crippen LogP contribution in [-0.4, -0.2) is 19.8 Å². The van der Waals surface area contributed by atoms with Gasteiger partial charge in [0.25, 0.3) is 0 Å². The molecular weight excluding hydrogens is 516 g/mol. The highest BCUT2D eigenvalue weighted by Crippen LogP contribution is 2.53. The molecule has 0 spiro atoms. The zero-order valence-corrected chi connectivity index (χ0v) is 24.7. The molecule has 0 amide bonds. The molecule has 0 heterocycles. The van der Waals surface area contributed by atoms with Crippen molar-refractivity contribution in [1.82, 2.24) is 0 Å². The van der Waals surface area contributed by atoms with E-state index in [1.54, 1.807) is 0 Å². The van der Waals surface area contributed by atoms with E-state index in [0.717, 1.165) is 99.2 Å². The predicted molar refractivity (Wildman–Crippen MR) is 171 cm³/mol. The molecule has 5 aromatic carbocycles. The second kappa shape index (κ2) is 13.3. The Morgan fingerprint density at radius 3 is 1.25 bits per heavy atom. The van der Waals surface area contributed by atoms with E-state index in [1.807, 2.05) is 6.07 Å². The van der Waals surface area contributed by atoms with Crippen LogP contribution in [0.1, 0.15) is 59.3 Å². The van der Waals surface area contributed by atoms with Crippen LogP contribution in [0.2, 0.25) is 5.02 Å². The van der Waals surface area contributed by atoms with Crippen molar-refractivity contribution in [3.05, 3.63) is 77.8 Å². The number of halogens is 1. The number of ether oxygens (including phenoxy) is 3. The average molecular weight is 555 g/mol. The minimum Gasteiger partial charge on any atom is -0.492 e. The first-order valence-electron chi connectivity index (χ1n) is 14.8. The quantitative estimate of drug-likeness (QED) is 0.107. The third-order valence-electron chi connectivity index (χ3n) is 7.43. The minimum atomic E-state index is 0.594. The third-order valence-corrected chi connectivity index (χ3v) is 7.79. The van der Waals surface area contributed by atoms with E-state index in [0.29, 0.717) is 24.8 Å². The molecule has 0 aliphatic carbocycles. The number of rotatable bonds is 13. The molecule has 0 saturated heterocycles. The second-order valence-electron chi connectivity index (χ2n) is 10.3. The van der Waals surface area contributed by atoms with Gasteiger partial charge in [0.15, 0.2) is 0 Å². The second-order valence-corrected chi connectivity index (χ2v) is 10.7. The standard InChI is InChI=1S/C36H39ClO3/c1-4-7-22-38-34-27-18-12-10-16-25(27)31(26-17-11-13-19-28(26)34)32-33(37)36(40-24-9-6-3)30-21-15-14-20-29(30)35(32)39-23-8-5-2/h10-21H,4-9,22-24H2,1-3H3. The Morgan fingerprint density at radius 1 is 0.450 bits per heavy atom. The van der Waals surface area contributed by atoms with Crippen molar-refractivity contribution < 1.29 is 14.2 Å². The molecule has 0 aromatic heterocycles. The van der Waals surface area contributed by atoms with Crippen LogP contribution in [0.4, 0.5) is 0 Å². The molecule has 5 aromatic rings. The van der Waals surface area contributed by atoms with Gasteiger partial charge >= 0.3 is 0 Å².